The summed E-state index contributed by atoms with van der Waals surface area (Å²) in [5.74, 6) is -0.745. The molecule has 2 aromatic carbocycles. The van der Waals surface area contributed by atoms with E-state index in [1.165, 1.54) is 4.90 Å². The number of nitrogens with two attached hydrogens (primary N) is 1. The monoisotopic (exact) mass is 603 g/mol. The number of hydrogen-bond donors (Lipinski definition) is 2. The van der Waals surface area contributed by atoms with Crippen LogP contribution in [0.5, 0.6) is 5.75 Å². The molecule has 43 heavy (non-hydrogen) atoms. The Morgan fingerprint density at radius 3 is 2.51 bits per heavy atom. The molecule has 1 aliphatic carbocycles. The number of urea groups is 1. The number of Topliss-reactive ketones (excluding diaryl/α,β-unsaturated/α-hetero) is 1. The SMILES string of the molecule is CC(C)(C)Oc1cc(C(=O)CC(N)=O)ccc1C1=NC(c2ccc(Cl)cc2)C(C2=CC=CC2)N1C(=O)N1CCNC(=O)C1. The van der Waals surface area contributed by atoms with Crippen LogP contribution in [-0.4, -0.2) is 70.5 Å². The quantitative estimate of drug-likeness (QED) is 0.362. The molecule has 0 bridgehead atoms. The second kappa shape index (κ2) is 12.0. The predicted molar refractivity (Wildman–Crippen MR) is 163 cm³/mol. The maximum Gasteiger partial charge on any atom is 0.326 e. The number of hydrogen-bond acceptors (Lipinski definition) is 6. The number of carbonyl (C=O) groups excluding carboxylic acids is 4. The van der Waals surface area contributed by atoms with Crippen LogP contribution in [0.2, 0.25) is 5.02 Å². The van der Waals surface area contributed by atoms with Gasteiger partial charge in [0, 0.05) is 23.7 Å². The van der Waals surface area contributed by atoms with Crippen molar-refractivity contribution in [3.63, 3.8) is 0 Å². The molecule has 4 amide bonds. The first-order valence-electron chi connectivity index (χ1n) is 14.1. The van der Waals surface area contributed by atoms with Gasteiger partial charge in [-0.15, -0.1) is 0 Å². The molecule has 3 aliphatic rings. The largest absolute Gasteiger partial charge is 0.487 e. The lowest BCUT2D eigenvalue weighted by Crippen LogP contribution is -2.56. The summed E-state index contributed by atoms with van der Waals surface area (Å²) < 4.78 is 6.34. The summed E-state index contributed by atoms with van der Waals surface area (Å²) in [6, 6.07) is 10.8. The topological polar surface area (TPSA) is 134 Å². The fourth-order valence-corrected chi connectivity index (χ4v) is 5.55. The first-order valence-corrected chi connectivity index (χ1v) is 14.5. The van der Waals surface area contributed by atoms with E-state index in [4.69, 9.17) is 27.1 Å². The molecule has 3 N–H and O–H groups in total. The van der Waals surface area contributed by atoms with E-state index in [1.807, 2.05) is 51.1 Å². The number of allylic oxidation sites excluding steroid dienone is 3. The molecule has 1 fully saturated rings. The van der Waals surface area contributed by atoms with Crippen LogP contribution in [0.25, 0.3) is 0 Å². The van der Waals surface area contributed by atoms with E-state index >= 15 is 0 Å². The van der Waals surface area contributed by atoms with E-state index in [1.54, 1.807) is 35.2 Å². The van der Waals surface area contributed by atoms with Gasteiger partial charge < -0.3 is 20.7 Å². The number of benzene rings is 2. The van der Waals surface area contributed by atoms with Crippen LogP contribution in [-0.2, 0) is 9.59 Å². The minimum atomic E-state index is -0.734. The Kier molecular flexibility index (Phi) is 8.41. The molecular weight excluding hydrogens is 570 g/mol. The Hall–Kier alpha value is -4.44. The summed E-state index contributed by atoms with van der Waals surface area (Å²) in [7, 11) is 0. The molecule has 2 aromatic rings. The van der Waals surface area contributed by atoms with Gasteiger partial charge in [-0.05, 0) is 62.6 Å². The van der Waals surface area contributed by atoms with Gasteiger partial charge in [0.05, 0.1) is 18.0 Å². The number of ether oxygens (including phenoxy) is 1. The van der Waals surface area contributed by atoms with Crippen LogP contribution in [0, 0.1) is 0 Å². The number of primary amides is 1. The molecule has 1 saturated heterocycles. The van der Waals surface area contributed by atoms with Gasteiger partial charge in [-0.1, -0.05) is 48.0 Å². The van der Waals surface area contributed by atoms with Gasteiger partial charge in [0.15, 0.2) is 5.78 Å². The molecule has 0 aromatic heterocycles. The molecule has 11 heteroatoms. The minimum absolute atomic E-state index is 0.0792. The van der Waals surface area contributed by atoms with Gasteiger partial charge in [0.1, 0.15) is 29.8 Å². The molecule has 2 unspecified atom stereocenters. The second-order valence-corrected chi connectivity index (χ2v) is 12.1. The first-order chi connectivity index (χ1) is 20.4. The Morgan fingerprint density at radius 1 is 1.14 bits per heavy atom. The zero-order valence-corrected chi connectivity index (χ0v) is 25.1. The number of amidine groups is 1. The smallest absolute Gasteiger partial charge is 0.326 e. The number of amides is 4. The Bertz CT molecular complexity index is 1560. The van der Waals surface area contributed by atoms with Crippen molar-refractivity contribution in [3.8, 4) is 5.75 Å². The third-order valence-electron chi connectivity index (χ3n) is 7.27. The number of piperazine rings is 1. The third-order valence-corrected chi connectivity index (χ3v) is 7.52. The van der Waals surface area contributed by atoms with E-state index in [0.29, 0.717) is 41.7 Å². The summed E-state index contributed by atoms with van der Waals surface area (Å²) in [5.41, 5.74) is 7.20. The molecule has 10 nitrogen and oxygen atoms in total. The number of rotatable bonds is 7. The Labute approximate surface area is 255 Å². The van der Waals surface area contributed by atoms with Crippen molar-refractivity contribution in [3.05, 3.63) is 88.0 Å². The van der Waals surface area contributed by atoms with Crippen molar-refractivity contribution in [1.29, 1.82) is 0 Å². The molecule has 0 saturated carbocycles. The van der Waals surface area contributed by atoms with E-state index in [0.717, 1.165) is 11.1 Å². The molecule has 0 radical (unpaired) electrons. The van der Waals surface area contributed by atoms with Gasteiger partial charge in [0.25, 0.3) is 0 Å². The molecule has 2 atom stereocenters. The van der Waals surface area contributed by atoms with Gasteiger partial charge in [0.2, 0.25) is 11.8 Å². The maximum atomic E-state index is 14.4. The number of nitrogens with zero attached hydrogens (tertiary/aromatic N) is 3. The van der Waals surface area contributed by atoms with E-state index in [-0.39, 0.29) is 24.0 Å². The van der Waals surface area contributed by atoms with Crippen molar-refractivity contribution < 1.29 is 23.9 Å². The molecular formula is C32H34ClN5O5. The Balaban J connectivity index is 1.68. The van der Waals surface area contributed by atoms with Gasteiger partial charge in [-0.3, -0.25) is 24.3 Å². The van der Waals surface area contributed by atoms with Crippen LogP contribution in [0.1, 0.15) is 61.1 Å². The van der Waals surface area contributed by atoms with Gasteiger partial charge >= 0.3 is 6.03 Å². The lowest BCUT2D eigenvalue weighted by molar-refractivity contribution is -0.123. The van der Waals surface area contributed by atoms with Crippen molar-refractivity contribution >= 4 is 41.1 Å². The maximum absolute atomic E-state index is 14.4. The summed E-state index contributed by atoms with van der Waals surface area (Å²) >= 11 is 6.22. The van der Waals surface area contributed by atoms with Crippen molar-refractivity contribution in [2.24, 2.45) is 10.7 Å². The molecule has 2 heterocycles. The van der Waals surface area contributed by atoms with E-state index in [9.17, 15) is 19.2 Å². The van der Waals surface area contributed by atoms with Crippen LogP contribution >= 0.6 is 11.6 Å². The zero-order chi connectivity index (χ0) is 30.9. The molecule has 2 aliphatic heterocycles. The minimum Gasteiger partial charge on any atom is -0.487 e. The lowest BCUT2D eigenvalue weighted by atomic mass is 9.93. The normalized spacial score (nSPS) is 20.0. The Morgan fingerprint density at radius 2 is 1.88 bits per heavy atom. The third kappa shape index (κ3) is 6.64. The van der Waals surface area contributed by atoms with E-state index in [2.05, 4.69) is 5.32 Å². The van der Waals surface area contributed by atoms with Crippen LogP contribution in [0.3, 0.4) is 0 Å². The summed E-state index contributed by atoms with van der Waals surface area (Å²) in [5, 5.41) is 3.35. The number of ketones is 1. The average molecular weight is 604 g/mol. The first kappa shape index (κ1) is 30.0. The highest BCUT2D eigenvalue weighted by atomic mass is 35.5. The summed E-state index contributed by atoms with van der Waals surface area (Å²) in [4.78, 5) is 59.3. The molecule has 0 spiro atoms. The number of aliphatic imine (C=N–C) groups is 1. The molecule has 224 valence electrons. The van der Waals surface area contributed by atoms with Crippen LogP contribution < -0.4 is 15.8 Å². The van der Waals surface area contributed by atoms with Crippen LogP contribution in [0.4, 0.5) is 4.79 Å². The van der Waals surface area contributed by atoms with E-state index < -0.39 is 35.8 Å². The highest BCUT2D eigenvalue weighted by Crippen LogP contribution is 2.42. The van der Waals surface area contributed by atoms with Gasteiger partial charge in [-0.2, -0.15) is 0 Å². The predicted octanol–water partition coefficient (Wildman–Crippen LogP) is 4.19. The lowest BCUT2D eigenvalue weighted by Gasteiger charge is -2.36. The number of halogens is 1. The van der Waals surface area contributed by atoms with Crippen molar-refractivity contribution in [2.75, 3.05) is 19.6 Å². The van der Waals surface area contributed by atoms with Crippen molar-refractivity contribution in [1.82, 2.24) is 15.1 Å². The summed E-state index contributed by atoms with van der Waals surface area (Å²) in [6.07, 6.45) is 6.16. The van der Waals surface area contributed by atoms with Crippen LogP contribution in [0.15, 0.2) is 71.3 Å². The standard InChI is InChI=1S/C32H34ClN5O5/c1-32(2,3)43-25-16-21(24(39)17-26(34)40)10-13-23(25)30-36-28(19-8-11-22(33)12-9-19)29(20-6-4-5-7-20)38(30)31(42)37-15-14-35-27(41)18-37/h4-6,8-13,16,28-29H,7,14-15,17-18H2,1-3H3,(H2,34,40)(H,35,41). The van der Waals surface area contributed by atoms with Gasteiger partial charge in [-0.25, -0.2) is 4.79 Å². The summed E-state index contributed by atoms with van der Waals surface area (Å²) in [6.45, 7) is 6.22. The number of nitrogens with one attached hydrogen (secondary N) is 1. The van der Waals surface area contributed by atoms with Crippen molar-refractivity contribution in [2.45, 2.75) is 51.3 Å². The average Bonchev–Trinajstić information content (AvgIpc) is 3.60. The highest BCUT2D eigenvalue weighted by Gasteiger charge is 2.46. The highest BCUT2D eigenvalue weighted by molar-refractivity contribution is 6.30. The number of carbonyl (C=O) groups is 4. The zero-order valence-electron chi connectivity index (χ0n) is 24.3. The fraction of sp³-hybridized carbons (Fsp3) is 0.344. The fourth-order valence-electron chi connectivity index (χ4n) is 5.42. The molecule has 5 rings (SSSR count). The second-order valence-electron chi connectivity index (χ2n) is 11.7.